The summed E-state index contributed by atoms with van der Waals surface area (Å²) in [5.41, 5.74) is 8.21. The molecule has 6 N–H and O–H groups in total. The number of hydrogen-bond acceptors (Lipinski definition) is 7. The SMILES string of the molecule is CC(C)(C)OC(=O)N1CC(C(=O)N(CCN)CCN)CC1C(=O)NC(Cc1ccc(C(F)(F)F)cc1)C(=O)Nc1cccc(C(F)(F)F)c1. The number of benzene rings is 2. The van der Waals surface area contributed by atoms with Crippen LogP contribution in [0.4, 0.5) is 36.8 Å². The predicted molar refractivity (Wildman–Crippen MR) is 167 cm³/mol. The van der Waals surface area contributed by atoms with Gasteiger partial charge in [0.2, 0.25) is 17.7 Å². The highest BCUT2D eigenvalue weighted by Crippen LogP contribution is 2.32. The molecule has 0 radical (unpaired) electrons. The van der Waals surface area contributed by atoms with Crippen LogP contribution in [0.5, 0.6) is 0 Å². The molecule has 3 atom stereocenters. The fourth-order valence-corrected chi connectivity index (χ4v) is 5.23. The molecule has 1 heterocycles. The van der Waals surface area contributed by atoms with E-state index in [0.29, 0.717) is 6.07 Å². The molecular formula is C32H40F6N6O5. The van der Waals surface area contributed by atoms with Crippen molar-refractivity contribution < 1.29 is 50.3 Å². The van der Waals surface area contributed by atoms with Crippen LogP contribution in [-0.4, -0.2) is 84.0 Å². The molecule has 1 aliphatic heterocycles. The zero-order valence-corrected chi connectivity index (χ0v) is 27.2. The molecule has 0 saturated carbocycles. The smallest absolute Gasteiger partial charge is 0.416 e. The zero-order valence-electron chi connectivity index (χ0n) is 27.2. The number of rotatable bonds is 11. The number of ether oxygens (including phenoxy) is 1. The topological polar surface area (TPSA) is 160 Å². The number of hydrogen-bond donors (Lipinski definition) is 4. The number of anilines is 1. The summed E-state index contributed by atoms with van der Waals surface area (Å²) in [6, 6.07) is 4.61. The van der Waals surface area contributed by atoms with E-state index < -0.39 is 70.9 Å². The van der Waals surface area contributed by atoms with E-state index in [9.17, 15) is 45.5 Å². The summed E-state index contributed by atoms with van der Waals surface area (Å²) in [6.45, 7) is 5.16. The van der Waals surface area contributed by atoms with Gasteiger partial charge >= 0.3 is 18.4 Å². The maximum absolute atomic E-state index is 13.8. The van der Waals surface area contributed by atoms with Crippen LogP contribution < -0.4 is 22.1 Å². The molecule has 4 amide bonds. The van der Waals surface area contributed by atoms with Crippen molar-refractivity contribution in [1.29, 1.82) is 0 Å². The van der Waals surface area contributed by atoms with Gasteiger partial charge in [0.25, 0.3) is 0 Å². The van der Waals surface area contributed by atoms with E-state index >= 15 is 0 Å². The van der Waals surface area contributed by atoms with Crippen LogP contribution in [0.25, 0.3) is 0 Å². The third kappa shape index (κ3) is 11.1. The molecule has 1 aliphatic rings. The predicted octanol–water partition coefficient (Wildman–Crippen LogP) is 3.76. The van der Waals surface area contributed by atoms with Crippen LogP contribution in [0.15, 0.2) is 48.5 Å². The molecule has 11 nitrogen and oxygen atoms in total. The average Bonchev–Trinajstić information content (AvgIpc) is 3.45. The zero-order chi connectivity index (χ0) is 36.7. The Morgan fingerprint density at radius 1 is 0.918 bits per heavy atom. The molecule has 2 aromatic rings. The maximum Gasteiger partial charge on any atom is 0.416 e. The van der Waals surface area contributed by atoms with Crippen LogP contribution in [-0.2, 0) is 37.9 Å². The molecule has 270 valence electrons. The summed E-state index contributed by atoms with van der Waals surface area (Å²) < 4.78 is 84.9. The highest BCUT2D eigenvalue weighted by atomic mass is 19.4. The molecule has 3 unspecified atom stereocenters. The van der Waals surface area contributed by atoms with Gasteiger partial charge in [0, 0.05) is 44.8 Å². The molecule has 0 aromatic heterocycles. The minimum atomic E-state index is -4.72. The molecule has 0 spiro atoms. The van der Waals surface area contributed by atoms with E-state index in [1.807, 2.05) is 0 Å². The van der Waals surface area contributed by atoms with Gasteiger partial charge in [-0.15, -0.1) is 0 Å². The van der Waals surface area contributed by atoms with E-state index in [4.69, 9.17) is 16.2 Å². The fourth-order valence-electron chi connectivity index (χ4n) is 5.23. The Balaban J connectivity index is 1.94. The average molecular weight is 703 g/mol. The van der Waals surface area contributed by atoms with Gasteiger partial charge in [0.15, 0.2) is 0 Å². The van der Waals surface area contributed by atoms with Crippen LogP contribution in [0.1, 0.15) is 43.9 Å². The number of halogens is 6. The standard InChI is InChI=1S/C32H40F6N6O5/c1-30(2,3)49-29(48)44-18-20(28(47)43(13-11-39)14-12-40)16-25(44)27(46)42-24(15-19-7-9-21(10-8-19)31(33,34)35)26(45)41-23-6-4-5-22(17-23)32(36,37)38/h4-10,17,20,24-25H,11-16,18,39-40H2,1-3H3,(H,41,45)(H,42,46). The molecule has 1 saturated heterocycles. The van der Waals surface area contributed by atoms with E-state index in [0.717, 1.165) is 41.3 Å². The number of alkyl halides is 6. The van der Waals surface area contributed by atoms with Crippen molar-refractivity contribution >= 4 is 29.5 Å². The van der Waals surface area contributed by atoms with Gasteiger partial charge in [-0.05, 0) is 63.1 Å². The number of amides is 4. The van der Waals surface area contributed by atoms with E-state index in [1.54, 1.807) is 20.8 Å². The molecule has 0 aliphatic carbocycles. The molecule has 0 bridgehead atoms. The second kappa shape index (κ2) is 15.9. The van der Waals surface area contributed by atoms with Gasteiger partial charge < -0.3 is 31.7 Å². The summed E-state index contributed by atoms with van der Waals surface area (Å²) in [7, 11) is 0. The Hall–Kier alpha value is -4.38. The van der Waals surface area contributed by atoms with Gasteiger partial charge in [-0.2, -0.15) is 26.3 Å². The monoisotopic (exact) mass is 702 g/mol. The van der Waals surface area contributed by atoms with Gasteiger partial charge in [-0.25, -0.2) is 4.79 Å². The first-order valence-corrected chi connectivity index (χ1v) is 15.4. The molecule has 49 heavy (non-hydrogen) atoms. The minimum Gasteiger partial charge on any atom is -0.444 e. The van der Waals surface area contributed by atoms with Crippen LogP contribution in [0, 0.1) is 5.92 Å². The number of carbonyl (C=O) groups excluding carboxylic acids is 4. The Bertz CT molecular complexity index is 1470. The molecule has 2 aromatic carbocycles. The molecule has 3 rings (SSSR count). The van der Waals surface area contributed by atoms with Crippen LogP contribution in [0.2, 0.25) is 0 Å². The summed E-state index contributed by atoms with van der Waals surface area (Å²) in [6.07, 6.45) is -10.8. The number of carbonyl (C=O) groups is 4. The van der Waals surface area contributed by atoms with Gasteiger partial charge in [-0.1, -0.05) is 18.2 Å². The van der Waals surface area contributed by atoms with E-state index in [2.05, 4.69) is 10.6 Å². The van der Waals surface area contributed by atoms with Crippen molar-refractivity contribution in [2.24, 2.45) is 17.4 Å². The van der Waals surface area contributed by atoms with Crippen molar-refractivity contribution in [1.82, 2.24) is 15.1 Å². The fraction of sp³-hybridized carbons (Fsp3) is 0.500. The first kappa shape index (κ1) is 39.1. The Morgan fingerprint density at radius 2 is 1.51 bits per heavy atom. The highest BCUT2D eigenvalue weighted by molar-refractivity contribution is 5.99. The first-order chi connectivity index (χ1) is 22.7. The maximum atomic E-state index is 13.8. The summed E-state index contributed by atoms with van der Waals surface area (Å²) >= 11 is 0. The largest absolute Gasteiger partial charge is 0.444 e. The molecular weight excluding hydrogens is 662 g/mol. The second-order valence-corrected chi connectivity index (χ2v) is 12.5. The number of likely N-dealkylation sites (tertiary alicyclic amines) is 1. The number of nitrogens with zero attached hydrogens (tertiary/aromatic N) is 2. The number of nitrogens with two attached hydrogens (primary N) is 2. The quantitative estimate of drug-likeness (QED) is 0.260. The van der Waals surface area contributed by atoms with Crippen LogP contribution in [0.3, 0.4) is 0 Å². The minimum absolute atomic E-state index is 0.130. The Labute approximate surface area is 279 Å². The van der Waals surface area contributed by atoms with Crippen molar-refractivity contribution in [2.45, 2.75) is 63.7 Å². The lowest BCUT2D eigenvalue weighted by Gasteiger charge is -2.29. The molecule has 17 heteroatoms. The normalized spacial score (nSPS) is 17.3. The second-order valence-electron chi connectivity index (χ2n) is 12.5. The lowest BCUT2D eigenvalue weighted by molar-refractivity contribution is -0.138. The molecule has 1 fully saturated rings. The third-order valence-corrected chi connectivity index (χ3v) is 7.50. The van der Waals surface area contributed by atoms with E-state index in [-0.39, 0.29) is 56.8 Å². The van der Waals surface area contributed by atoms with Crippen molar-refractivity contribution in [2.75, 3.05) is 38.0 Å². The summed E-state index contributed by atoms with van der Waals surface area (Å²) in [4.78, 5) is 56.4. The van der Waals surface area contributed by atoms with E-state index in [1.165, 1.54) is 11.0 Å². The van der Waals surface area contributed by atoms with Crippen molar-refractivity contribution in [3.05, 3.63) is 65.2 Å². The highest BCUT2D eigenvalue weighted by Gasteiger charge is 2.45. The lowest BCUT2D eigenvalue weighted by Crippen LogP contribution is -2.53. The van der Waals surface area contributed by atoms with Crippen molar-refractivity contribution in [3.8, 4) is 0 Å². The van der Waals surface area contributed by atoms with Gasteiger partial charge in [0.1, 0.15) is 17.7 Å². The third-order valence-electron chi connectivity index (χ3n) is 7.50. The Kier molecular flexibility index (Phi) is 12.7. The van der Waals surface area contributed by atoms with Gasteiger partial charge in [0.05, 0.1) is 17.0 Å². The summed E-state index contributed by atoms with van der Waals surface area (Å²) in [5, 5.41) is 4.81. The summed E-state index contributed by atoms with van der Waals surface area (Å²) in [5.74, 6) is -3.18. The Morgan fingerprint density at radius 3 is 2.04 bits per heavy atom. The number of nitrogens with one attached hydrogen (secondary N) is 2. The van der Waals surface area contributed by atoms with Gasteiger partial charge in [-0.3, -0.25) is 19.3 Å². The van der Waals surface area contributed by atoms with Crippen LogP contribution >= 0.6 is 0 Å². The first-order valence-electron chi connectivity index (χ1n) is 15.4. The van der Waals surface area contributed by atoms with Crippen molar-refractivity contribution in [3.63, 3.8) is 0 Å². The lowest BCUT2D eigenvalue weighted by atomic mass is 10.0.